The zero-order chi connectivity index (χ0) is 15.1. The quantitative estimate of drug-likeness (QED) is 0.897. The molecule has 1 atom stereocenters. The van der Waals surface area contributed by atoms with Crippen LogP contribution >= 0.6 is 0 Å². The summed E-state index contributed by atoms with van der Waals surface area (Å²) in [5.41, 5.74) is 3.11. The first kappa shape index (κ1) is 15.9. The van der Waals surface area contributed by atoms with Crippen LogP contribution in [0.4, 0.5) is 5.69 Å². The van der Waals surface area contributed by atoms with Crippen LogP contribution in [0.2, 0.25) is 0 Å². The Labute approximate surface area is 129 Å². The summed E-state index contributed by atoms with van der Waals surface area (Å²) in [6, 6.07) is 8.68. The van der Waals surface area contributed by atoms with Gasteiger partial charge in [0.1, 0.15) is 6.07 Å². The molecule has 1 heterocycles. The summed E-state index contributed by atoms with van der Waals surface area (Å²) in [7, 11) is 1.93. The predicted molar refractivity (Wildman–Crippen MR) is 88.4 cm³/mol. The molecule has 3 nitrogen and oxygen atoms in total. The minimum Gasteiger partial charge on any atom is -0.370 e. The predicted octanol–water partition coefficient (Wildman–Crippen LogP) is 3.68. The Morgan fingerprint density at radius 2 is 2.19 bits per heavy atom. The van der Waals surface area contributed by atoms with Crippen molar-refractivity contribution < 1.29 is 0 Å². The van der Waals surface area contributed by atoms with E-state index in [1.165, 1.54) is 37.7 Å². The third-order valence-corrected chi connectivity index (χ3v) is 4.45. The fraction of sp³-hybridized carbons (Fsp3) is 0.611. The lowest BCUT2D eigenvalue weighted by atomic mass is 9.96. The smallest absolute Gasteiger partial charge is 0.101 e. The number of nitrogens with one attached hydrogen (secondary N) is 1. The first-order valence-corrected chi connectivity index (χ1v) is 8.21. The molecule has 1 fully saturated rings. The van der Waals surface area contributed by atoms with Gasteiger partial charge in [-0.05, 0) is 49.9 Å². The van der Waals surface area contributed by atoms with Gasteiger partial charge in [0.05, 0.1) is 11.3 Å². The van der Waals surface area contributed by atoms with Gasteiger partial charge in [0.25, 0.3) is 0 Å². The summed E-state index contributed by atoms with van der Waals surface area (Å²) in [6.45, 7) is 5.26. The molecule has 2 rings (SSSR count). The summed E-state index contributed by atoms with van der Waals surface area (Å²) in [6.07, 6.45) is 6.47. The molecule has 1 aliphatic rings. The first-order chi connectivity index (χ1) is 10.3. The molecule has 0 aromatic heterocycles. The van der Waals surface area contributed by atoms with Crippen LogP contribution in [0.15, 0.2) is 18.2 Å². The summed E-state index contributed by atoms with van der Waals surface area (Å²) in [5, 5.41) is 12.6. The average Bonchev–Trinajstić information content (AvgIpc) is 2.73. The van der Waals surface area contributed by atoms with Crippen LogP contribution in [0, 0.1) is 17.2 Å². The van der Waals surface area contributed by atoms with Crippen LogP contribution in [0.1, 0.15) is 50.2 Å². The zero-order valence-corrected chi connectivity index (χ0v) is 13.4. The highest BCUT2D eigenvalue weighted by Gasteiger charge is 2.18. The molecule has 0 saturated carbocycles. The minimum absolute atomic E-state index is 0.813. The normalized spacial score (nSPS) is 19.1. The number of rotatable bonds is 5. The highest BCUT2D eigenvalue weighted by molar-refractivity contribution is 5.60. The van der Waals surface area contributed by atoms with Crippen LogP contribution in [0.3, 0.4) is 0 Å². The van der Waals surface area contributed by atoms with Crippen LogP contribution in [-0.2, 0) is 6.54 Å². The topological polar surface area (TPSA) is 39.1 Å². The van der Waals surface area contributed by atoms with E-state index in [-0.39, 0.29) is 0 Å². The second kappa shape index (κ2) is 8.05. The Hall–Kier alpha value is -1.53. The lowest BCUT2D eigenvalue weighted by Gasteiger charge is -2.24. The summed E-state index contributed by atoms with van der Waals surface area (Å²) < 4.78 is 0. The van der Waals surface area contributed by atoms with E-state index in [9.17, 15) is 5.26 Å². The highest BCUT2D eigenvalue weighted by Crippen LogP contribution is 2.28. The van der Waals surface area contributed by atoms with Gasteiger partial charge >= 0.3 is 0 Å². The monoisotopic (exact) mass is 285 g/mol. The Bertz CT molecular complexity index is 490. The third-order valence-electron chi connectivity index (χ3n) is 4.45. The Kier molecular flexibility index (Phi) is 6.07. The largest absolute Gasteiger partial charge is 0.370 e. The van der Waals surface area contributed by atoms with Gasteiger partial charge in [0.15, 0.2) is 0 Å². The van der Waals surface area contributed by atoms with Gasteiger partial charge in [-0.3, -0.25) is 0 Å². The number of nitriles is 1. The van der Waals surface area contributed by atoms with Crippen LogP contribution in [0.25, 0.3) is 0 Å². The Balaban J connectivity index is 2.12. The van der Waals surface area contributed by atoms with E-state index < -0.39 is 0 Å². The molecular weight excluding hydrogens is 258 g/mol. The molecule has 0 radical (unpaired) electrons. The third kappa shape index (κ3) is 4.22. The molecule has 1 aliphatic heterocycles. The molecule has 1 aromatic carbocycles. The molecule has 114 valence electrons. The van der Waals surface area contributed by atoms with Gasteiger partial charge in [0, 0.05) is 19.6 Å². The van der Waals surface area contributed by atoms with Gasteiger partial charge in [-0.2, -0.15) is 5.26 Å². The van der Waals surface area contributed by atoms with Crippen LogP contribution in [0.5, 0.6) is 0 Å². The SMILES string of the molecule is CCCC1CCCN(c2ccc(CNC)cc2C#N)CC1. The van der Waals surface area contributed by atoms with Crippen molar-refractivity contribution >= 4 is 5.69 Å². The van der Waals surface area contributed by atoms with Gasteiger partial charge in [-0.25, -0.2) is 0 Å². The van der Waals surface area contributed by atoms with Gasteiger partial charge in [-0.15, -0.1) is 0 Å². The molecule has 21 heavy (non-hydrogen) atoms. The van der Waals surface area contributed by atoms with Crippen molar-refractivity contribution in [1.29, 1.82) is 5.26 Å². The number of hydrogen-bond acceptors (Lipinski definition) is 3. The molecule has 1 N–H and O–H groups in total. The molecule has 0 amide bonds. The molecule has 1 unspecified atom stereocenters. The van der Waals surface area contributed by atoms with E-state index in [0.29, 0.717) is 0 Å². The van der Waals surface area contributed by atoms with E-state index >= 15 is 0 Å². The van der Waals surface area contributed by atoms with Crippen LogP contribution in [-0.4, -0.2) is 20.1 Å². The molecule has 0 spiro atoms. The highest BCUT2D eigenvalue weighted by atomic mass is 15.1. The van der Waals surface area contributed by atoms with E-state index in [2.05, 4.69) is 35.3 Å². The van der Waals surface area contributed by atoms with Crippen molar-refractivity contribution in [1.82, 2.24) is 5.32 Å². The summed E-state index contributed by atoms with van der Waals surface area (Å²) in [5.74, 6) is 0.870. The lowest BCUT2D eigenvalue weighted by molar-refractivity contribution is 0.435. The van der Waals surface area contributed by atoms with E-state index in [0.717, 1.165) is 36.8 Å². The molecule has 0 bridgehead atoms. The molecule has 1 saturated heterocycles. The van der Waals surface area contributed by atoms with E-state index in [4.69, 9.17) is 0 Å². The number of nitrogens with zero attached hydrogens (tertiary/aromatic N) is 2. The molecular formula is C18H27N3. The van der Waals surface area contributed by atoms with Crippen molar-refractivity contribution in [3.63, 3.8) is 0 Å². The zero-order valence-electron chi connectivity index (χ0n) is 13.4. The summed E-state index contributed by atoms with van der Waals surface area (Å²) in [4.78, 5) is 2.41. The molecule has 0 aliphatic carbocycles. The number of benzene rings is 1. The van der Waals surface area contributed by atoms with Crippen molar-refractivity contribution in [2.45, 2.75) is 45.6 Å². The van der Waals surface area contributed by atoms with Crippen molar-refractivity contribution in [3.8, 4) is 6.07 Å². The molecule has 1 aromatic rings. The van der Waals surface area contributed by atoms with Crippen molar-refractivity contribution in [2.75, 3.05) is 25.0 Å². The number of hydrogen-bond donors (Lipinski definition) is 1. The molecule has 3 heteroatoms. The van der Waals surface area contributed by atoms with Gasteiger partial charge in [-0.1, -0.05) is 25.8 Å². The Morgan fingerprint density at radius 1 is 1.33 bits per heavy atom. The number of anilines is 1. The first-order valence-electron chi connectivity index (χ1n) is 8.21. The van der Waals surface area contributed by atoms with Gasteiger partial charge in [0.2, 0.25) is 0 Å². The fourth-order valence-electron chi connectivity index (χ4n) is 3.37. The standard InChI is InChI=1S/C18H27N3/c1-3-5-15-6-4-10-21(11-9-15)18-8-7-16(14-20-2)12-17(18)13-19/h7-8,12,15,20H,3-6,9-11,14H2,1-2H3. The van der Waals surface area contributed by atoms with Crippen molar-refractivity contribution in [2.24, 2.45) is 5.92 Å². The maximum atomic E-state index is 9.45. The maximum Gasteiger partial charge on any atom is 0.101 e. The van der Waals surface area contributed by atoms with Crippen LogP contribution < -0.4 is 10.2 Å². The van der Waals surface area contributed by atoms with E-state index in [1.807, 2.05) is 13.1 Å². The lowest BCUT2D eigenvalue weighted by Crippen LogP contribution is -2.25. The van der Waals surface area contributed by atoms with Crippen molar-refractivity contribution in [3.05, 3.63) is 29.3 Å². The van der Waals surface area contributed by atoms with Gasteiger partial charge < -0.3 is 10.2 Å². The minimum atomic E-state index is 0.813. The fourth-order valence-corrected chi connectivity index (χ4v) is 3.37. The summed E-state index contributed by atoms with van der Waals surface area (Å²) >= 11 is 0. The second-order valence-corrected chi connectivity index (χ2v) is 6.07. The Morgan fingerprint density at radius 3 is 2.90 bits per heavy atom. The average molecular weight is 285 g/mol. The maximum absolute atomic E-state index is 9.45. The second-order valence-electron chi connectivity index (χ2n) is 6.07. The van der Waals surface area contributed by atoms with E-state index in [1.54, 1.807) is 0 Å².